The lowest BCUT2D eigenvalue weighted by Crippen LogP contribution is -2.38. The Kier molecular flexibility index (Phi) is 4.71. The normalized spacial score (nSPS) is 16.7. The van der Waals surface area contributed by atoms with Crippen LogP contribution in [-0.2, 0) is 4.79 Å². The standard InChI is InChI=1S/C21H24N4O2S/c1-21(2,3)19(27)15-10-22-20-18(15)24-16(11-23-20)13-5-4-6-14(9-13)25-7-8-28-12-17(25)26/h4-6,9-11H,7-8,12,28H2,1-3H3,(H,22,23). The number of Topliss-reactive ketones (excluding diaryl/α,β-unsaturated/α-hetero) is 1. The zero-order valence-electron chi connectivity index (χ0n) is 16.2. The minimum atomic E-state index is -0.498. The minimum Gasteiger partial charge on any atom is -0.344 e. The van der Waals surface area contributed by atoms with E-state index in [9.17, 15) is 9.59 Å². The van der Waals surface area contributed by atoms with Gasteiger partial charge < -0.3 is 9.88 Å². The van der Waals surface area contributed by atoms with Gasteiger partial charge in [-0.15, -0.1) is 0 Å². The molecule has 0 radical (unpaired) electrons. The number of nitrogens with zero attached hydrogens (tertiary/aromatic N) is 3. The Hall–Kier alpha value is -2.67. The molecule has 1 fully saturated rings. The lowest BCUT2D eigenvalue weighted by molar-refractivity contribution is -0.116. The number of rotatable bonds is 3. The molecular weight excluding hydrogens is 372 g/mol. The minimum absolute atomic E-state index is 0.0266. The van der Waals surface area contributed by atoms with Crippen molar-refractivity contribution in [2.75, 3.05) is 23.0 Å². The molecule has 3 aromatic rings. The first-order chi connectivity index (χ1) is 13.3. The van der Waals surface area contributed by atoms with Gasteiger partial charge in [0.1, 0.15) is 5.52 Å². The van der Waals surface area contributed by atoms with Gasteiger partial charge in [-0.1, -0.05) is 32.9 Å². The van der Waals surface area contributed by atoms with Crippen LogP contribution in [-0.4, -0.2) is 44.7 Å². The summed E-state index contributed by atoms with van der Waals surface area (Å²) in [4.78, 5) is 39.1. The second-order valence-electron chi connectivity index (χ2n) is 8.01. The van der Waals surface area contributed by atoms with Crippen molar-refractivity contribution < 1.29 is 9.59 Å². The van der Waals surface area contributed by atoms with E-state index >= 15 is 0 Å². The van der Waals surface area contributed by atoms with Crippen LogP contribution in [0.1, 0.15) is 31.1 Å². The molecule has 0 bridgehead atoms. The molecule has 3 heterocycles. The van der Waals surface area contributed by atoms with Crippen molar-refractivity contribution in [3.05, 3.63) is 42.2 Å². The number of aromatic amines is 1. The van der Waals surface area contributed by atoms with Gasteiger partial charge in [-0.3, -0.25) is 21.4 Å². The van der Waals surface area contributed by atoms with Crippen LogP contribution in [0.2, 0.25) is 0 Å². The number of fused-ring (bicyclic) bond motifs is 1. The van der Waals surface area contributed by atoms with E-state index in [1.165, 1.54) is 0 Å². The highest BCUT2D eigenvalue weighted by atomic mass is 32.2. The second kappa shape index (κ2) is 7.05. The average molecular weight is 397 g/mol. The third kappa shape index (κ3) is 3.42. The fraction of sp³-hybridized carbons (Fsp3) is 0.333. The molecule has 1 N–H and O–H groups in total. The smallest absolute Gasteiger partial charge is 0.235 e. The van der Waals surface area contributed by atoms with Crippen molar-refractivity contribution in [1.29, 1.82) is 0 Å². The first-order valence-corrected chi connectivity index (χ1v) is 10.8. The summed E-state index contributed by atoms with van der Waals surface area (Å²) in [5, 5.41) is 0. The molecule has 2 aromatic heterocycles. The van der Waals surface area contributed by atoms with Gasteiger partial charge in [0.05, 0.1) is 23.2 Å². The maximum absolute atomic E-state index is 12.8. The van der Waals surface area contributed by atoms with Crippen LogP contribution in [0.3, 0.4) is 0 Å². The Balaban J connectivity index is 1.74. The predicted molar refractivity (Wildman–Crippen MR) is 116 cm³/mol. The molecule has 4 rings (SSSR count). The first kappa shape index (κ1) is 18.7. The van der Waals surface area contributed by atoms with E-state index in [1.807, 2.05) is 49.9 Å². The molecule has 0 aliphatic carbocycles. The molecular formula is C21H24N4O2S. The van der Waals surface area contributed by atoms with Gasteiger partial charge in [0, 0.05) is 29.4 Å². The molecule has 1 saturated heterocycles. The number of carbonyl (C=O) groups excluding carboxylic acids is 2. The quantitative estimate of drug-likeness (QED) is 0.688. The van der Waals surface area contributed by atoms with Crippen LogP contribution in [0, 0.1) is 5.41 Å². The Labute approximate surface area is 167 Å². The lowest BCUT2D eigenvalue weighted by Gasteiger charge is -2.27. The van der Waals surface area contributed by atoms with Crippen LogP contribution >= 0.6 is 11.8 Å². The maximum Gasteiger partial charge on any atom is 0.235 e. The van der Waals surface area contributed by atoms with Crippen molar-refractivity contribution in [2.45, 2.75) is 20.8 Å². The van der Waals surface area contributed by atoms with E-state index in [0.717, 1.165) is 35.3 Å². The van der Waals surface area contributed by atoms with Gasteiger partial charge in [-0.25, -0.2) is 9.97 Å². The number of H-pyrrole nitrogens is 1. The zero-order valence-corrected chi connectivity index (χ0v) is 17.2. The number of amides is 1. The van der Waals surface area contributed by atoms with Crippen LogP contribution < -0.4 is 4.90 Å². The largest absolute Gasteiger partial charge is 0.344 e. The molecule has 0 unspecified atom stereocenters. The molecule has 0 atom stereocenters. The van der Waals surface area contributed by atoms with Gasteiger partial charge in [-0.05, 0) is 17.9 Å². The van der Waals surface area contributed by atoms with Gasteiger partial charge in [-0.2, -0.15) is 0 Å². The summed E-state index contributed by atoms with van der Waals surface area (Å²) in [7, 11) is 0. The number of hydrogen-bond donors (Lipinski definition) is 1. The van der Waals surface area contributed by atoms with Crippen molar-refractivity contribution >= 4 is 40.3 Å². The fourth-order valence-corrected chi connectivity index (χ4v) is 4.28. The summed E-state index contributed by atoms with van der Waals surface area (Å²) in [6, 6.07) is 7.80. The van der Waals surface area contributed by atoms with Crippen LogP contribution in [0.25, 0.3) is 22.4 Å². The SMILES string of the molecule is CC(C)(C)C(=O)c1c[nH]c2ncc(-c3cccc(N4CC[SH2]CC4=O)c3)nc12. The number of carbonyl (C=O) groups is 2. The van der Waals surface area contributed by atoms with Crippen LogP contribution in [0.4, 0.5) is 5.69 Å². The lowest BCUT2D eigenvalue weighted by atomic mass is 9.87. The molecule has 28 heavy (non-hydrogen) atoms. The van der Waals surface area contributed by atoms with Crippen molar-refractivity contribution in [1.82, 2.24) is 15.0 Å². The zero-order chi connectivity index (χ0) is 19.9. The number of benzene rings is 1. The van der Waals surface area contributed by atoms with Crippen molar-refractivity contribution in [2.24, 2.45) is 5.41 Å². The Morgan fingerprint density at radius 2 is 2.11 bits per heavy atom. The third-order valence-electron chi connectivity index (χ3n) is 4.85. The van der Waals surface area contributed by atoms with E-state index in [2.05, 4.69) is 9.97 Å². The van der Waals surface area contributed by atoms with Crippen molar-refractivity contribution in [3.63, 3.8) is 0 Å². The van der Waals surface area contributed by atoms with Gasteiger partial charge in [0.2, 0.25) is 5.91 Å². The van der Waals surface area contributed by atoms with Crippen LogP contribution in [0.15, 0.2) is 36.7 Å². The number of anilines is 1. The molecule has 1 amide bonds. The van der Waals surface area contributed by atoms with Crippen molar-refractivity contribution in [3.8, 4) is 11.3 Å². The first-order valence-electron chi connectivity index (χ1n) is 9.35. The maximum atomic E-state index is 12.8. The Bertz CT molecular complexity index is 1070. The fourth-order valence-electron chi connectivity index (χ4n) is 3.32. The van der Waals surface area contributed by atoms with Crippen LogP contribution in [0.5, 0.6) is 0 Å². The summed E-state index contributed by atoms with van der Waals surface area (Å²) in [5.41, 5.74) is 3.68. The third-order valence-corrected chi connectivity index (χ3v) is 5.98. The molecule has 6 nitrogen and oxygen atoms in total. The summed E-state index contributed by atoms with van der Waals surface area (Å²) in [6.45, 7) is 6.44. The highest BCUT2D eigenvalue weighted by molar-refractivity contribution is 8.00. The summed E-state index contributed by atoms with van der Waals surface area (Å²) < 4.78 is 0. The van der Waals surface area contributed by atoms with E-state index in [0.29, 0.717) is 28.2 Å². The Morgan fingerprint density at radius 1 is 1.29 bits per heavy atom. The predicted octanol–water partition coefficient (Wildman–Crippen LogP) is 3.40. The molecule has 1 aliphatic heterocycles. The highest BCUT2D eigenvalue weighted by Crippen LogP contribution is 2.29. The van der Waals surface area contributed by atoms with E-state index in [-0.39, 0.29) is 11.7 Å². The Morgan fingerprint density at radius 3 is 2.86 bits per heavy atom. The molecule has 146 valence electrons. The number of aromatic nitrogens is 3. The van der Waals surface area contributed by atoms with Gasteiger partial charge >= 0.3 is 0 Å². The highest BCUT2D eigenvalue weighted by Gasteiger charge is 2.26. The molecule has 7 heteroatoms. The number of hydrogen-bond acceptors (Lipinski definition) is 4. The van der Waals surface area contributed by atoms with E-state index in [4.69, 9.17) is 4.98 Å². The van der Waals surface area contributed by atoms with Gasteiger partial charge in [0.15, 0.2) is 11.4 Å². The molecule has 0 spiro atoms. The summed E-state index contributed by atoms with van der Waals surface area (Å²) in [6.07, 6.45) is 3.38. The van der Waals surface area contributed by atoms with Gasteiger partial charge in [0.25, 0.3) is 0 Å². The average Bonchev–Trinajstić information content (AvgIpc) is 3.10. The number of ketones is 1. The molecule has 0 saturated carbocycles. The topological polar surface area (TPSA) is 79.0 Å². The summed E-state index contributed by atoms with van der Waals surface area (Å²) >= 11 is 0.718. The van der Waals surface area contributed by atoms with E-state index in [1.54, 1.807) is 12.4 Å². The molecule has 1 aromatic carbocycles. The second-order valence-corrected chi connectivity index (χ2v) is 9.36. The summed E-state index contributed by atoms with van der Waals surface area (Å²) in [5.74, 6) is 1.87. The number of nitrogens with one attached hydrogen (secondary N) is 1. The monoisotopic (exact) mass is 396 g/mol. The van der Waals surface area contributed by atoms with E-state index < -0.39 is 5.41 Å². The molecule has 1 aliphatic rings.